The number of nitroso groups, excluding NO2 is 1. The highest BCUT2D eigenvalue weighted by molar-refractivity contribution is 7.85. The van der Waals surface area contributed by atoms with Gasteiger partial charge < -0.3 is 23.9 Å². The number of amides is 1. The molecular weight excluding hydrogens is 700 g/mol. The van der Waals surface area contributed by atoms with E-state index in [1.807, 2.05) is 17.9 Å². The Morgan fingerprint density at radius 3 is 2.85 bits per heavy atom. The molecule has 0 spiro atoms. The molecule has 274 valence electrons. The van der Waals surface area contributed by atoms with Gasteiger partial charge in [0, 0.05) is 37.8 Å². The van der Waals surface area contributed by atoms with E-state index in [-0.39, 0.29) is 41.7 Å². The van der Waals surface area contributed by atoms with Gasteiger partial charge in [-0.1, -0.05) is 18.2 Å². The van der Waals surface area contributed by atoms with E-state index in [9.17, 15) is 22.5 Å². The fourth-order valence-corrected chi connectivity index (χ4v) is 8.82. The Bertz CT molecular complexity index is 2210. The van der Waals surface area contributed by atoms with Crippen molar-refractivity contribution in [1.82, 2.24) is 25.2 Å². The summed E-state index contributed by atoms with van der Waals surface area (Å²) < 4.78 is 74.9. The minimum absolute atomic E-state index is 0.0922. The highest BCUT2D eigenvalue weighted by Gasteiger charge is 2.49. The van der Waals surface area contributed by atoms with Gasteiger partial charge >= 0.3 is 22.4 Å². The molecule has 5 aliphatic rings. The van der Waals surface area contributed by atoms with Crippen molar-refractivity contribution < 1.29 is 35.6 Å². The summed E-state index contributed by atoms with van der Waals surface area (Å²) in [5.74, 6) is -0.735. The number of aryl methyl sites for hydroxylation is 1. The van der Waals surface area contributed by atoms with E-state index in [4.69, 9.17) is 18.6 Å². The number of pyridine rings is 1. The van der Waals surface area contributed by atoms with Crippen LogP contribution in [-0.2, 0) is 21.5 Å². The van der Waals surface area contributed by atoms with Crippen molar-refractivity contribution in [2.75, 3.05) is 44.3 Å². The number of alkyl halides is 1. The molecule has 4 aromatic rings. The molecule has 0 aliphatic carbocycles. The van der Waals surface area contributed by atoms with Crippen molar-refractivity contribution in [1.29, 1.82) is 0 Å². The van der Waals surface area contributed by atoms with Crippen LogP contribution in [0.2, 0.25) is 0 Å². The summed E-state index contributed by atoms with van der Waals surface area (Å²) >= 11 is 0. The van der Waals surface area contributed by atoms with Gasteiger partial charge in [0.15, 0.2) is 5.82 Å². The number of nitrogens with one attached hydrogen (secondary N) is 1. The lowest BCUT2D eigenvalue weighted by atomic mass is 9.91. The monoisotopic (exact) mass is 737 g/mol. The molecule has 52 heavy (non-hydrogen) atoms. The predicted octanol–water partition coefficient (Wildman–Crippen LogP) is 5.36. The summed E-state index contributed by atoms with van der Waals surface area (Å²) in [5, 5.41) is 4.34. The lowest BCUT2D eigenvalue weighted by Gasteiger charge is -2.41. The molecule has 0 unspecified atom stereocenters. The molecule has 9 rings (SSSR count). The number of ether oxygens (including phenoxy) is 2. The zero-order chi connectivity index (χ0) is 36.3. The summed E-state index contributed by atoms with van der Waals surface area (Å²) in [7, 11) is -4.84. The number of carbonyl (C=O) groups excluding carboxylic acids is 1. The summed E-state index contributed by atoms with van der Waals surface area (Å²) in [6, 6.07) is 7.89. The zero-order valence-corrected chi connectivity index (χ0v) is 29.3. The number of fused-ring (bicyclic) bond motifs is 7. The summed E-state index contributed by atoms with van der Waals surface area (Å²) in [6.45, 7) is 4.11. The van der Waals surface area contributed by atoms with Gasteiger partial charge in [-0.3, -0.25) is 9.88 Å². The first-order valence-electron chi connectivity index (χ1n) is 17.4. The van der Waals surface area contributed by atoms with Crippen LogP contribution in [0.3, 0.4) is 0 Å². The van der Waals surface area contributed by atoms with Crippen molar-refractivity contribution in [3.8, 4) is 23.0 Å². The fourth-order valence-electron chi connectivity index (χ4n) is 8.45. The van der Waals surface area contributed by atoms with Crippen LogP contribution in [-0.4, -0.2) is 91.0 Å². The quantitative estimate of drug-likeness (QED) is 0.252. The Morgan fingerprint density at radius 2 is 2.00 bits per heavy atom. The number of anilines is 1. The third-order valence-electron chi connectivity index (χ3n) is 10.7. The van der Waals surface area contributed by atoms with Crippen LogP contribution in [0.25, 0.3) is 32.9 Å². The number of halogens is 2. The smallest absolute Gasteiger partial charge is 0.461 e. The predicted molar refractivity (Wildman–Crippen MR) is 187 cm³/mol. The highest BCUT2D eigenvalue weighted by atomic mass is 32.2. The Morgan fingerprint density at radius 1 is 1.15 bits per heavy atom. The largest absolute Gasteiger partial charge is 0.463 e. The van der Waals surface area contributed by atoms with E-state index in [1.54, 1.807) is 12.1 Å². The number of alkyl carbamates (subject to hydrolysis) is 1. The number of carbonyl (C=O) groups is 1. The highest BCUT2D eigenvalue weighted by Crippen LogP contribution is 2.42. The fraction of sp³-hybridized carbons (Fsp3) is 0.486. The molecule has 1 N–H and O–H groups in total. The first kappa shape index (κ1) is 34.3. The van der Waals surface area contributed by atoms with E-state index in [0.29, 0.717) is 73.7 Å². The standard InChI is InChI=1S/C35H37F2N7O7S/c1-34-9-4-11-43(19-34)31-26-17-38-29(28(37)30(26)39-32(40-31)50-20-35-10-5-12-44(35)18-23(36)16-35)25-15-24(51-52(47,48)42-46)14-22-7-2-6-21(27(22)25)8-3-13-49-33(45)41-34/h2,6-7,14-15,17,23H,3-5,8-13,16,18-20H2,1H3,(H,41,45)/t23-,34-,35+/m1/s1. The van der Waals surface area contributed by atoms with Gasteiger partial charge in [-0.05, 0) is 80.5 Å². The molecule has 7 heterocycles. The number of hydrogen-bond donors (Lipinski definition) is 1. The van der Waals surface area contributed by atoms with Gasteiger partial charge in [0.1, 0.15) is 40.1 Å². The maximum Gasteiger partial charge on any atom is 0.463 e. The second-order valence-electron chi connectivity index (χ2n) is 14.4. The molecule has 2 aromatic heterocycles. The number of hydrogen-bond acceptors (Lipinski definition) is 12. The Hall–Kier alpha value is -4.77. The van der Waals surface area contributed by atoms with Crippen LogP contribution in [0.1, 0.15) is 51.0 Å². The number of benzene rings is 2. The topological polar surface area (TPSA) is 166 Å². The van der Waals surface area contributed by atoms with E-state index in [2.05, 4.69) is 24.8 Å². The maximum atomic E-state index is 17.2. The third-order valence-corrected chi connectivity index (χ3v) is 11.3. The zero-order valence-electron chi connectivity index (χ0n) is 28.4. The summed E-state index contributed by atoms with van der Waals surface area (Å²) in [5.41, 5.74) is -0.531. The minimum Gasteiger partial charge on any atom is -0.461 e. The number of rotatable bonds is 6. The van der Waals surface area contributed by atoms with Crippen LogP contribution in [0.4, 0.5) is 19.4 Å². The molecule has 5 aliphatic heterocycles. The molecule has 2 aromatic carbocycles. The second-order valence-corrected chi connectivity index (χ2v) is 15.6. The van der Waals surface area contributed by atoms with E-state index in [0.717, 1.165) is 24.9 Å². The van der Waals surface area contributed by atoms with Crippen LogP contribution in [0.15, 0.2) is 41.1 Å². The molecule has 14 nitrogen and oxygen atoms in total. The number of nitrogens with zero attached hydrogens (tertiary/aromatic N) is 6. The van der Waals surface area contributed by atoms with Gasteiger partial charge in [-0.15, -0.1) is 4.91 Å². The Labute approximate surface area is 298 Å². The molecule has 1 amide bonds. The van der Waals surface area contributed by atoms with Gasteiger partial charge in [0.25, 0.3) is 0 Å². The summed E-state index contributed by atoms with van der Waals surface area (Å²) in [4.78, 5) is 42.0. The number of aromatic nitrogens is 3. The average molecular weight is 738 g/mol. The Kier molecular flexibility index (Phi) is 8.59. The molecule has 6 bridgehead atoms. The van der Waals surface area contributed by atoms with Crippen molar-refractivity contribution in [2.45, 2.75) is 69.1 Å². The molecule has 0 saturated carbocycles. The first-order valence-corrected chi connectivity index (χ1v) is 18.7. The van der Waals surface area contributed by atoms with Gasteiger partial charge in [-0.2, -0.15) is 18.4 Å². The van der Waals surface area contributed by atoms with Crippen molar-refractivity contribution in [3.05, 3.63) is 52.8 Å². The SMILES string of the molecule is C[C@@]12CCCN(C1)c1nc(OC[C@@]34CCCN3C[C@H](F)C4)nc3c(F)c(ncc13)-c1cc(OS(=O)(=O)N=O)cc3cccc(c13)CCCOC(=O)N2. The van der Waals surface area contributed by atoms with Crippen LogP contribution in [0, 0.1) is 10.7 Å². The molecule has 3 fully saturated rings. The van der Waals surface area contributed by atoms with Gasteiger partial charge in [0.05, 0.1) is 23.1 Å². The molecule has 3 atom stereocenters. The molecule has 3 saturated heterocycles. The summed E-state index contributed by atoms with van der Waals surface area (Å²) in [6.07, 6.45) is 4.12. The Balaban J connectivity index is 1.32. The van der Waals surface area contributed by atoms with Crippen LogP contribution >= 0.6 is 0 Å². The van der Waals surface area contributed by atoms with Crippen molar-refractivity contribution in [3.63, 3.8) is 0 Å². The van der Waals surface area contributed by atoms with Gasteiger partial charge in [0.2, 0.25) is 0 Å². The second kappa shape index (κ2) is 13.0. The first-order chi connectivity index (χ1) is 24.9. The molecule has 17 heteroatoms. The van der Waals surface area contributed by atoms with E-state index in [1.165, 1.54) is 18.3 Å². The van der Waals surface area contributed by atoms with E-state index >= 15 is 4.39 Å². The molecule has 0 radical (unpaired) electrons. The average Bonchev–Trinajstić information content (AvgIpc) is 3.64. The number of piperidine rings is 1. The normalized spacial score (nSPS) is 25.2. The van der Waals surface area contributed by atoms with Crippen molar-refractivity contribution in [2.24, 2.45) is 4.58 Å². The third kappa shape index (κ3) is 6.33. The van der Waals surface area contributed by atoms with E-state index < -0.39 is 39.5 Å². The lowest BCUT2D eigenvalue weighted by Crippen LogP contribution is -2.57. The molecular formula is C35H37F2N7O7S. The minimum atomic E-state index is -4.84. The van der Waals surface area contributed by atoms with Gasteiger partial charge in [-0.25, -0.2) is 13.6 Å². The van der Waals surface area contributed by atoms with Crippen LogP contribution < -0.4 is 19.1 Å². The lowest BCUT2D eigenvalue weighted by molar-refractivity contribution is 0.107. The van der Waals surface area contributed by atoms with Crippen molar-refractivity contribution >= 4 is 43.9 Å². The maximum absolute atomic E-state index is 17.2. The van der Waals surface area contributed by atoms with Crippen LogP contribution in [0.5, 0.6) is 11.8 Å².